The highest BCUT2D eigenvalue weighted by molar-refractivity contribution is 6.03. The topological polar surface area (TPSA) is 227 Å². The number of hydrogen-bond acceptors (Lipinski definition) is 9. The highest BCUT2D eigenvalue weighted by Crippen LogP contribution is 2.26. The second-order valence-corrected chi connectivity index (χ2v) is 5.89. The number of aryl methyl sites for hydroxylation is 1. The number of carboxylic acids is 1. The summed E-state index contributed by atoms with van der Waals surface area (Å²) in [5.41, 5.74) is -1.91. The van der Waals surface area contributed by atoms with Gasteiger partial charge >= 0.3 is 11.6 Å². The zero-order chi connectivity index (χ0) is 23.3. The number of rotatable bonds is 4. The van der Waals surface area contributed by atoms with Crippen molar-refractivity contribution in [2.24, 2.45) is 0 Å². The third-order valence-corrected chi connectivity index (χ3v) is 3.70. The number of nitrogens with zero attached hydrogens (tertiary/aromatic N) is 3. The quantitative estimate of drug-likeness (QED) is 0.434. The van der Waals surface area contributed by atoms with E-state index < -0.39 is 38.6 Å². The van der Waals surface area contributed by atoms with Crippen LogP contribution < -0.4 is 10.9 Å². The largest absolute Gasteiger partial charge is 0.477 e. The van der Waals surface area contributed by atoms with Gasteiger partial charge in [-0.1, -0.05) is 12.1 Å². The van der Waals surface area contributed by atoms with Crippen LogP contribution in [0.4, 0.5) is 17.1 Å². The normalized spacial score (nSPS) is 9.69. The molecule has 2 aromatic carbocycles. The van der Waals surface area contributed by atoms with Crippen LogP contribution in [0.25, 0.3) is 10.9 Å². The smallest absolute Gasteiger partial charge is 0.353 e. The van der Waals surface area contributed by atoms with Gasteiger partial charge in [0.05, 0.1) is 21.1 Å². The maximum Gasteiger partial charge on any atom is 0.353 e. The molecule has 14 nitrogen and oxygen atoms in total. The van der Waals surface area contributed by atoms with Crippen LogP contribution in [0.2, 0.25) is 0 Å². The summed E-state index contributed by atoms with van der Waals surface area (Å²) in [7, 11) is 0. The summed E-state index contributed by atoms with van der Waals surface area (Å²) < 4.78 is 4.71. The number of benzene rings is 2. The predicted molar refractivity (Wildman–Crippen MR) is 110 cm³/mol. The molecule has 1 amide bonds. The summed E-state index contributed by atoms with van der Waals surface area (Å²) in [4.78, 5) is 56.8. The molecule has 4 N–H and O–H groups in total. The van der Waals surface area contributed by atoms with E-state index in [1.807, 2.05) is 0 Å². The number of carbonyl (C=O) groups excluding carboxylic acids is 1. The van der Waals surface area contributed by atoms with Gasteiger partial charge in [0, 0.05) is 26.0 Å². The molecule has 0 aliphatic heterocycles. The predicted octanol–water partition coefficient (Wildman–Crippen LogP) is 1.83. The lowest BCUT2D eigenvalue weighted by Gasteiger charge is -2.06. The first-order valence-electron chi connectivity index (χ1n) is 8.36. The fourth-order valence-corrected chi connectivity index (χ4v) is 2.57. The molecule has 0 aliphatic carbocycles. The van der Waals surface area contributed by atoms with Crippen molar-refractivity contribution < 1.29 is 34.4 Å². The lowest BCUT2D eigenvalue weighted by atomic mass is 10.1. The minimum absolute atomic E-state index is 0. The minimum Gasteiger partial charge on any atom is -0.477 e. The molecule has 32 heavy (non-hydrogen) atoms. The first-order valence-corrected chi connectivity index (χ1v) is 8.36. The highest BCUT2D eigenvalue weighted by atomic mass is 16.6. The van der Waals surface area contributed by atoms with Crippen LogP contribution in [0.15, 0.2) is 45.6 Å². The van der Waals surface area contributed by atoms with E-state index >= 15 is 0 Å². The van der Waals surface area contributed by atoms with Crippen LogP contribution in [0.5, 0.6) is 0 Å². The van der Waals surface area contributed by atoms with Gasteiger partial charge in [-0.05, 0) is 12.1 Å². The number of aromatic carboxylic acids is 1. The van der Waals surface area contributed by atoms with Crippen LogP contribution in [-0.4, -0.2) is 37.3 Å². The molecule has 168 valence electrons. The average Bonchev–Trinajstić information content (AvgIpc) is 2.66. The van der Waals surface area contributed by atoms with Crippen molar-refractivity contribution in [3.63, 3.8) is 0 Å². The maximum absolute atomic E-state index is 11.4. The molecule has 3 aromatic rings. The molecular weight excluding hydrogens is 432 g/mol. The summed E-state index contributed by atoms with van der Waals surface area (Å²) in [5.74, 6) is -1.77. The molecule has 0 bridgehead atoms. The Labute approximate surface area is 177 Å². The minimum atomic E-state index is -1.46. The Morgan fingerprint density at radius 1 is 1.06 bits per heavy atom. The number of fused-ring (bicyclic) bond motifs is 1. The van der Waals surface area contributed by atoms with E-state index in [1.165, 1.54) is 44.2 Å². The van der Waals surface area contributed by atoms with E-state index in [0.717, 1.165) is 6.07 Å². The standard InChI is InChI=1S/C9H8N2O5.C9H6N2O4.H2O/c1-5(12)10-6-3-2-4-7(11(15)16)8(6)9(13)14;1-5-10-6-3-2-4-7(11(13)14)8(6)9(12)15-5;/h2-4H,1H3,(H,10,12)(H,13,14);2-4H,1H3;1H2. The summed E-state index contributed by atoms with van der Waals surface area (Å²) >= 11 is 0. The molecule has 0 unspecified atom stereocenters. The average molecular weight is 448 g/mol. The van der Waals surface area contributed by atoms with E-state index in [9.17, 15) is 34.6 Å². The number of non-ortho nitro benzene ring substituents is 1. The van der Waals surface area contributed by atoms with Gasteiger partial charge in [0.25, 0.3) is 11.4 Å². The Balaban J connectivity index is 0.000000311. The molecule has 0 atom stereocenters. The van der Waals surface area contributed by atoms with E-state index in [-0.39, 0.29) is 33.6 Å². The van der Waals surface area contributed by atoms with Crippen molar-refractivity contribution in [2.45, 2.75) is 13.8 Å². The van der Waals surface area contributed by atoms with Crippen molar-refractivity contribution in [1.82, 2.24) is 4.98 Å². The molecule has 1 aromatic heterocycles. The molecule has 0 aliphatic rings. The Morgan fingerprint density at radius 3 is 2.16 bits per heavy atom. The number of aromatic nitrogens is 1. The van der Waals surface area contributed by atoms with E-state index in [4.69, 9.17) is 9.52 Å². The first kappa shape index (κ1) is 25.3. The monoisotopic (exact) mass is 448 g/mol. The van der Waals surface area contributed by atoms with Crippen LogP contribution in [0.3, 0.4) is 0 Å². The molecule has 1 heterocycles. The summed E-state index contributed by atoms with van der Waals surface area (Å²) in [5, 5.41) is 32.2. The van der Waals surface area contributed by atoms with Crippen molar-refractivity contribution in [3.05, 3.63) is 78.5 Å². The van der Waals surface area contributed by atoms with Gasteiger partial charge < -0.3 is 20.3 Å². The van der Waals surface area contributed by atoms with Crippen molar-refractivity contribution in [1.29, 1.82) is 0 Å². The maximum atomic E-state index is 11.4. The molecule has 0 spiro atoms. The molecular formula is C18H16N4O10. The lowest BCUT2D eigenvalue weighted by molar-refractivity contribution is -0.385. The van der Waals surface area contributed by atoms with Gasteiger partial charge in [0.1, 0.15) is 0 Å². The molecule has 0 fully saturated rings. The number of nitro benzene ring substituents is 2. The fraction of sp³-hybridized carbons (Fsp3) is 0.111. The zero-order valence-corrected chi connectivity index (χ0v) is 16.5. The summed E-state index contributed by atoms with van der Waals surface area (Å²) in [6.45, 7) is 2.70. The number of anilines is 1. The van der Waals surface area contributed by atoms with Crippen LogP contribution in [-0.2, 0) is 4.79 Å². The Kier molecular flexibility index (Phi) is 8.19. The van der Waals surface area contributed by atoms with E-state index in [0.29, 0.717) is 0 Å². The zero-order valence-electron chi connectivity index (χ0n) is 16.5. The number of nitrogens with one attached hydrogen (secondary N) is 1. The van der Waals surface area contributed by atoms with Gasteiger partial charge in [-0.3, -0.25) is 25.0 Å². The second kappa shape index (κ2) is 10.4. The van der Waals surface area contributed by atoms with E-state index in [1.54, 1.807) is 0 Å². The van der Waals surface area contributed by atoms with Crippen LogP contribution in [0.1, 0.15) is 23.2 Å². The number of carboxylic acid groups (broad SMARTS) is 1. The Morgan fingerprint density at radius 2 is 1.62 bits per heavy atom. The SMILES string of the molecule is CC(=O)Nc1cccc([N+](=O)[O-])c1C(=O)O.Cc1nc2cccc([N+](=O)[O-])c2c(=O)o1.O. The second-order valence-electron chi connectivity index (χ2n) is 5.89. The number of amides is 1. The van der Waals surface area contributed by atoms with Crippen LogP contribution >= 0.6 is 0 Å². The third kappa shape index (κ3) is 5.67. The van der Waals surface area contributed by atoms with Crippen molar-refractivity contribution in [2.75, 3.05) is 5.32 Å². The third-order valence-electron chi connectivity index (χ3n) is 3.70. The van der Waals surface area contributed by atoms with Crippen molar-refractivity contribution >= 4 is 39.8 Å². The number of hydrogen-bond donors (Lipinski definition) is 2. The van der Waals surface area contributed by atoms with Gasteiger partial charge in [0.2, 0.25) is 5.91 Å². The number of carbonyl (C=O) groups is 2. The van der Waals surface area contributed by atoms with Gasteiger partial charge in [-0.15, -0.1) is 0 Å². The summed E-state index contributed by atoms with van der Waals surface area (Å²) in [6, 6.07) is 7.91. The van der Waals surface area contributed by atoms with Crippen LogP contribution in [0, 0.1) is 27.2 Å². The molecule has 3 rings (SSSR count). The Bertz CT molecular complexity index is 1270. The Hall–Kier alpha value is -4.72. The molecule has 14 heteroatoms. The summed E-state index contributed by atoms with van der Waals surface area (Å²) in [6.07, 6.45) is 0. The fourth-order valence-electron chi connectivity index (χ4n) is 2.57. The van der Waals surface area contributed by atoms with E-state index in [2.05, 4.69) is 10.3 Å². The van der Waals surface area contributed by atoms with Crippen molar-refractivity contribution in [3.8, 4) is 0 Å². The highest BCUT2D eigenvalue weighted by Gasteiger charge is 2.23. The first-order chi connectivity index (χ1) is 14.5. The van der Waals surface area contributed by atoms with Gasteiger partial charge in [-0.25, -0.2) is 14.6 Å². The molecule has 0 saturated carbocycles. The number of nitro groups is 2. The molecule has 0 saturated heterocycles. The lowest BCUT2D eigenvalue weighted by Crippen LogP contribution is -2.12. The van der Waals surface area contributed by atoms with Gasteiger partial charge in [-0.2, -0.15) is 0 Å². The van der Waals surface area contributed by atoms with Gasteiger partial charge in [0.15, 0.2) is 16.8 Å². The molecule has 0 radical (unpaired) electrons.